The lowest BCUT2D eigenvalue weighted by Gasteiger charge is -2.25. The molecule has 0 fully saturated rings. The number of ketones is 2. The highest BCUT2D eigenvalue weighted by Crippen LogP contribution is 2.46. The molecule has 5 N–H and O–H groups in total. The first kappa shape index (κ1) is 62.4. The number of hydrogen-bond donors (Lipinski definition) is 5. The van der Waals surface area contributed by atoms with Crippen LogP contribution >= 0.6 is 0 Å². The van der Waals surface area contributed by atoms with Gasteiger partial charge in [0.15, 0.2) is 11.6 Å². The number of rotatable bonds is 37. The zero-order chi connectivity index (χ0) is 57.2. The fraction of sp³-hybridized carbons (Fsp3) is 0.530. The molecule has 0 spiro atoms. The van der Waals surface area contributed by atoms with Gasteiger partial charge in [-0.15, -0.1) is 0 Å². The molecule has 2 aliphatic carbocycles. The maximum Gasteiger partial charge on any atom is 0.407 e. The average Bonchev–Trinajstić information content (AvgIpc) is 3.96. The van der Waals surface area contributed by atoms with Crippen LogP contribution in [-0.4, -0.2) is 85.0 Å². The van der Waals surface area contributed by atoms with Gasteiger partial charge in [-0.25, -0.2) is 9.59 Å². The zero-order valence-corrected chi connectivity index (χ0v) is 47.9. The predicted octanol–water partition coefficient (Wildman–Crippen LogP) is 13.0. The SMILES string of the molecule is CCCCCC(CC(=O)C(CCCCC)NC(=O)C(C)CCCCNC(=O)OCC1c2ccccc2-c2ccccc21)C(=O)NC(CCCCC)C(=O)CC(CCCCNC(=O)OCC1c2ccccc2-c2ccccc21)C(=O)O. The molecule has 0 radical (unpaired) electrons. The lowest BCUT2D eigenvalue weighted by atomic mass is 9.89. The Kier molecular flexibility index (Phi) is 25.8. The summed E-state index contributed by atoms with van der Waals surface area (Å²) in [5.74, 6) is -4.54. The van der Waals surface area contributed by atoms with E-state index in [-0.39, 0.29) is 68.3 Å². The molecule has 2 aliphatic rings. The van der Waals surface area contributed by atoms with Gasteiger partial charge in [0.1, 0.15) is 13.2 Å². The lowest BCUT2D eigenvalue weighted by Crippen LogP contribution is -2.47. The number of hydrogen-bond acceptors (Lipinski definition) is 9. The summed E-state index contributed by atoms with van der Waals surface area (Å²) in [6.07, 6.45) is 10.2. The summed E-state index contributed by atoms with van der Waals surface area (Å²) in [4.78, 5) is 94.3. The highest BCUT2D eigenvalue weighted by atomic mass is 16.6. The van der Waals surface area contributed by atoms with Crippen LogP contribution in [0.1, 0.15) is 190 Å². The van der Waals surface area contributed by atoms with Crippen LogP contribution in [0.3, 0.4) is 0 Å². The minimum absolute atomic E-state index is 0.0325. The molecule has 5 unspecified atom stereocenters. The highest BCUT2D eigenvalue weighted by molar-refractivity contribution is 5.95. The van der Waals surface area contributed by atoms with Crippen LogP contribution in [0.4, 0.5) is 9.59 Å². The molecular weight excluding hydrogens is 1010 g/mol. The first-order valence-electron chi connectivity index (χ1n) is 29.9. The Morgan fingerprint density at radius 1 is 0.450 bits per heavy atom. The summed E-state index contributed by atoms with van der Waals surface area (Å²) in [7, 11) is 0. The summed E-state index contributed by atoms with van der Waals surface area (Å²) in [5, 5.41) is 21.9. The number of carbonyl (C=O) groups is 7. The van der Waals surface area contributed by atoms with Crippen molar-refractivity contribution in [1.82, 2.24) is 21.3 Å². The molecule has 0 saturated carbocycles. The van der Waals surface area contributed by atoms with Crippen molar-refractivity contribution in [2.24, 2.45) is 17.8 Å². The van der Waals surface area contributed by atoms with E-state index < -0.39 is 53.9 Å². The summed E-state index contributed by atoms with van der Waals surface area (Å²) in [6.45, 7) is 9.09. The van der Waals surface area contributed by atoms with Crippen LogP contribution in [0.25, 0.3) is 22.3 Å². The Bertz CT molecular complexity index is 2580. The zero-order valence-electron chi connectivity index (χ0n) is 47.9. The second kappa shape index (κ2) is 33.0. The Morgan fingerprint density at radius 2 is 0.800 bits per heavy atom. The molecule has 4 amide bonds. The number of aliphatic carboxylic acids is 1. The molecule has 0 aliphatic heterocycles. The molecule has 6 rings (SSSR count). The average molecular weight is 1100 g/mol. The Labute approximate surface area is 474 Å². The number of Topliss-reactive ketones (excluding diaryl/α,β-unsaturated/α-hetero) is 2. The molecule has 0 aromatic heterocycles. The van der Waals surface area contributed by atoms with Crippen molar-refractivity contribution in [2.45, 2.75) is 180 Å². The van der Waals surface area contributed by atoms with Gasteiger partial charge < -0.3 is 35.8 Å². The largest absolute Gasteiger partial charge is 0.481 e. The normalized spacial score (nSPS) is 14.2. The van der Waals surface area contributed by atoms with E-state index in [1.54, 1.807) is 0 Å². The van der Waals surface area contributed by atoms with Crippen molar-refractivity contribution in [1.29, 1.82) is 0 Å². The van der Waals surface area contributed by atoms with Crippen molar-refractivity contribution in [3.8, 4) is 22.3 Å². The number of fused-ring (bicyclic) bond motifs is 6. The second-order valence-electron chi connectivity index (χ2n) is 22.1. The van der Waals surface area contributed by atoms with Crippen molar-refractivity contribution in [2.75, 3.05) is 26.3 Å². The molecule has 4 aromatic rings. The molecule has 14 heteroatoms. The van der Waals surface area contributed by atoms with Crippen molar-refractivity contribution in [3.05, 3.63) is 119 Å². The monoisotopic (exact) mass is 1100 g/mol. The molecule has 5 atom stereocenters. The van der Waals surface area contributed by atoms with Crippen LogP contribution in [0, 0.1) is 17.8 Å². The van der Waals surface area contributed by atoms with Gasteiger partial charge in [-0.05, 0) is 89.5 Å². The molecule has 0 heterocycles. The quantitative estimate of drug-likeness (QED) is 0.0270. The smallest absolute Gasteiger partial charge is 0.407 e. The fourth-order valence-corrected chi connectivity index (χ4v) is 11.4. The topological polar surface area (TPSA) is 206 Å². The van der Waals surface area contributed by atoms with Gasteiger partial charge >= 0.3 is 18.2 Å². The summed E-state index contributed by atoms with van der Waals surface area (Å²) >= 11 is 0. The number of nitrogens with one attached hydrogen (secondary N) is 4. The number of unbranched alkanes of at least 4 members (excludes halogenated alkanes) is 8. The van der Waals surface area contributed by atoms with E-state index in [4.69, 9.17) is 9.47 Å². The lowest BCUT2D eigenvalue weighted by molar-refractivity contribution is -0.144. The van der Waals surface area contributed by atoms with E-state index in [1.165, 1.54) is 0 Å². The van der Waals surface area contributed by atoms with Crippen molar-refractivity contribution < 1.29 is 48.1 Å². The Hall–Kier alpha value is -6.83. The van der Waals surface area contributed by atoms with Crippen LogP contribution in [0.2, 0.25) is 0 Å². The van der Waals surface area contributed by atoms with Crippen LogP contribution < -0.4 is 21.3 Å². The standard InChI is InChI=1S/C66H88N4O10/c1-5-8-11-27-46(41-60(71)58(37-12-9-6-2)69-62(73)45(4)26-22-24-39-67-65(77)79-43-56-52-33-18-14-29-48(52)49-30-15-19-34-53(49)56)63(74)70-59(38-13-10-7-3)61(72)42-47(64(75)76)28-23-25-40-68-66(78)80-44-57-54-35-20-16-31-50(54)51-32-17-21-36-55(51)57/h14-21,29-36,45-47,56-59H,5-13,22-28,37-44H2,1-4H3,(H,67,77)(H,68,78)(H,69,73)(H,70,74)(H,75,76). The second-order valence-corrected chi connectivity index (χ2v) is 22.1. The highest BCUT2D eigenvalue weighted by Gasteiger charge is 2.34. The number of carbonyl (C=O) groups excluding carboxylic acids is 6. The van der Waals surface area contributed by atoms with Gasteiger partial charge in [-0.1, -0.05) is 195 Å². The molecule has 14 nitrogen and oxygen atoms in total. The minimum atomic E-state index is -1.10. The summed E-state index contributed by atoms with van der Waals surface area (Å²) in [6, 6.07) is 30.9. The van der Waals surface area contributed by atoms with E-state index >= 15 is 0 Å². The predicted molar refractivity (Wildman–Crippen MR) is 313 cm³/mol. The van der Waals surface area contributed by atoms with Crippen LogP contribution in [-0.2, 0) is 33.4 Å². The first-order chi connectivity index (χ1) is 38.8. The van der Waals surface area contributed by atoms with Gasteiger partial charge in [-0.2, -0.15) is 0 Å². The number of amides is 4. The third-order valence-electron chi connectivity index (χ3n) is 16.1. The number of alkyl carbamates (subject to hydrolysis) is 2. The van der Waals surface area contributed by atoms with Crippen LogP contribution in [0.15, 0.2) is 97.1 Å². The third-order valence-corrected chi connectivity index (χ3v) is 16.1. The van der Waals surface area contributed by atoms with Gasteiger partial charge in [0.05, 0.1) is 18.0 Å². The van der Waals surface area contributed by atoms with Crippen molar-refractivity contribution in [3.63, 3.8) is 0 Å². The third kappa shape index (κ3) is 18.4. The first-order valence-corrected chi connectivity index (χ1v) is 29.9. The van der Waals surface area contributed by atoms with E-state index in [9.17, 15) is 38.7 Å². The summed E-state index contributed by atoms with van der Waals surface area (Å²) < 4.78 is 11.3. The molecule has 432 valence electrons. The molecule has 0 saturated heterocycles. The van der Waals surface area contributed by atoms with Gasteiger partial charge in [0.2, 0.25) is 11.8 Å². The van der Waals surface area contributed by atoms with E-state index in [1.807, 2.05) is 62.4 Å². The van der Waals surface area contributed by atoms with Gasteiger partial charge in [0, 0.05) is 49.6 Å². The van der Waals surface area contributed by atoms with Crippen molar-refractivity contribution >= 4 is 41.5 Å². The van der Waals surface area contributed by atoms with E-state index in [0.717, 1.165) is 89.5 Å². The molecular formula is C66H88N4O10. The Morgan fingerprint density at radius 3 is 1.21 bits per heavy atom. The van der Waals surface area contributed by atoms with E-state index in [2.05, 4.69) is 83.6 Å². The number of carboxylic acids is 1. The Balaban J connectivity index is 0.951. The fourth-order valence-electron chi connectivity index (χ4n) is 11.4. The number of carboxylic acid groups (broad SMARTS) is 1. The molecule has 80 heavy (non-hydrogen) atoms. The minimum Gasteiger partial charge on any atom is -0.481 e. The number of ether oxygens (including phenoxy) is 2. The maximum atomic E-state index is 14.3. The molecule has 0 bridgehead atoms. The maximum absolute atomic E-state index is 14.3. The van der Waals surface area contributed by atoms with Gasteiger partial charge in [0.25, 0.3) is 0 Å². The van der Waals surface area contributed by atoms with Crippen LogP contribution in [0.5, 0.6) is 0 Å². The number of benzene rings is 4. The summed E-state index contributed by atoms with van der Waals surface area (Å²) in [5.41, 5.74) is 9.12. The van der Waals surface area contributed by atoms with E-state index in [0.29, 0.717) is 70.8 Å². The molecule has 4 aromatic carbocycles. The van der Waals surface area contributed by atoms with Gasteiger partial charge in [-0.3, -0.25) is 24.0 Å².